The summed E-state index contributed by atoms with van der Waals surface area (Å²) < 4.78 is 5.50. The van der Waals surface area contributed by atoms with Gasteiger partial charge in [-0.05, 0) is 19.3 Å². The molecule has 16 heavy (non-hydrogen) atoms. The monoisotopic (exact) mass is 229 g/mol. The first-order valence-electron chi connectivity index (χ1n) is 6.11. The quantitative estimate of drug-likeness (QED) is 0.409. The fourth-order valence-corrected chi connectivity index (χ4v) is 1.15. The fraction of sp³-hybridized carbons (Fsp3) is 0.917. The summed E-state index contributed by atoms with van der Waals surface area (Å²) in [6.07, 6.45) is 1.12. The van der Waals surface area contributed by atoms with Crippen molar-refractivity contribution in [3.63, 3.8) is 0 Å². The molecule has 0 rings (SSSR count). The molecule has 0 spiro atoms. The first-order valence-corrected chi connectivity index (χ1v) is 6.11. The van der Waals surface area contributed by atoms with Crippen molar-refractivity contribution < 1.29 is 4.74 Å². The third-order valence-electron chi connectivity index (χ3n) is 2.10. The molecule has 1 N–H and O–H groups in total. The second kappa shape index (κ2) is 9.46. The van der Waals surface area contributed by atoms with Crippen LogP contribution in [-0.4, -0.2) is 51.3 Å². The van der Waals surface area contributed by atoms with Crippen LogP contribution in [0.15, 0.2) is 4.99 Å². The summed E-state index contributed by atoms with van der Waals surface area (Å²) in [6.45, 7) is 9.64. The van der Waals surface area contributed by atoms with Crippen molar-refractivity contribution in [1.29, 1.82) is 0 Å². The molecule has 0 aromatic carbocycles. The Labute approximate surface area is 100 Å². The van der Waals surface area contributed by atoms with E-state index in [4.69, 9.17) is 4.74 Å². The highest BCUT2D eigenvalue weighted by Crippen LogP contribution is 1.98. The summed E-state index contributed by atoms with van der Waals surface area (Å²) in [5.41, 5.74) is 0. The van der Waals surface area contributed by atoms with Gasteiger partial charge in [0, 0.05) is 27.2 Å². The third kappa shape index (κ3) is 8.53. The Morgan fingerprint density at radius 2 is 2.00 bits per heavy atom. The van der Waals surface area contributed by atoms with Crippen molar-refractivity contribution in [3.8, 4) is 0 Å². The molecule has 0 atom stereocenters. The van der Waals surface area contributed by atoms with Gasteiger partial charge in [0.1, 0.15) is 0 Å². The highest BCUT2D eigenvalue weighted by Gasteiger charge is 1.98. The van der Waals surface area contributed by atoms with Crippen molar-refractivity contribution in [2.24, 2.45) is 10.9 Å². The number of rotatable bonds is 7. The molecule has 0 bridgehead atoms. The van der Waals surface area contributed by atoms with E-state index in [9.17, 15) is 0 Å². The lowest BCUT2D eigenvalue weighted by molar-refractivity contribution is 0.130. The second-order valence-electron chi connectivity index (χ2n) is 4.42. The Morgan fingerprint density at radius 1 is 1.31 bits per heavy atom. The highest BCUT2D eigenvalue weighted by atomic mass is 16.5. The summed E-state index contributed by atoms with van der Waals surface area (Å²) in [7, 11) is 3.97. The van der Waals surface area contributed by atoms with Crippen LogP contribution in [0.25, 0.3) is 0 Å². The standard InChI is InChI=1S/C12H27N3O/c1-6-13-12(15(4)5)14-8-10-16-9-7-11(2)3/h11H,6-10H2,1-5H3,(H,13,14). The second-order valence-corrected chi connectivity index (χ2v) is 4.42. The van der Waals surface area contributed by atoms with E-state index in [0.717, 1.165) is 32.1 Å². The minimum Gasteiger partial charge on any atom is -0.380 e. The van der Waals surface area contributed by atoms with Gasteiger partial charge in [-0.1, -0.05) is 13.8 Å². The van der Waals surface area contributed by atoms with Crippen LogP contribution in [-0.2, 0) is 4.74 Å². The maximum absolute atomic E-state index is 5.50. The van der Waals surface area contributed by atoms with Crippen LogP contribution >= 0.6 is 0 Å². The highest BCUT2D eigenvalue weighted by molar-refractivity contribution is 5.79. The van der Waals surface area contributed by atoms with E-state index >= 15 is 0 Å². The third-order valence-corrected chi connectivity index (χ3v) is 2.10. The normalized spacial score (nSPS) is 12.0. The maximum atomic E-state index is 5.50. The topological polar surface area (TPSA) is 36.9 Å². The van der Waals surface area contributed by atoms with Crippen molar-refractivity contribution in [2.75, 3.05) is 40.4 Å². The lowest BCUT2D eigenvalue weighted by atomic mass is 10.1. The van der Waals surface area contributed by atoms with E-state index in [1.54, 1.807) is 0 Å². The number of hydrogen-bond donors (Lipinski definition) is 1. The molecule has 0 aromatic rings. The van der Waals surface area contributed by atoms with Crippen molar-refractivity contribution >= 4 is 5.96 Å². The maximum Gasteiger partial charge on any atom is 0.193 e. The largest absolute Gasteiger partial charge is 0.380 e. The summed E-state index contributed by atoms with van der Waals surface area (Å²) in [5.74, 6) is 1.64. The van der Waals surface area contributed by atoms with Crippen LogP contribution < -0.4 is 5.32 Å². The lowest BCUT2D eigenvalue weighted by Gasteiger charge is -2.16. The Balaban J connectivity index is 3.62. The van der Waals surface area contributed by atoms with Gasteiger partial charge >= 0.3 is 0 Å². The van der Waals surface area contributed by atoms with Crippen molar-refractivity contribution in [1.82, 2.24) is 10.2 Å². The number of nitrogens with zero attached hydrogens (tertiary/aromatic N) is 2. The van der Waals surface area contributed by atoms with Gasteiger partial charge in [-0.25, -0.2) is 0 Å². The molecule has 0 unspecified atom stereocenters. The molecule has 0 saturated carbocycles. The van der Waals surface area contributed by atoms with E-state index < -0.39 is 0 Å². The summed E-state index contributed by atoms with van der Waals surface area (Å²) in [6, 6.07) is 0. The average molecular weight is 229 g/mol. The molecule has 0 saturated heterocycles. The predicted octanol–water partition coefficient (Wildman–Crippen LogP) is 1.58. The first kappa shape index (κ1) is 15.2. The molecule has 0 radical (unpaired) electrons. The molecule has 0 aliphatic rings. The Kier molecular flexibility index (Phi) is 9.00. The van der Waals surface area contributed by atoms with Gasteiger partial charge in [-0.15, -0.1) is 0 Å². The van der Waals surface area contributed by atoms with E-state index in [1.165, 1.54) is 0 Å². The molecule has 0 aliphatic carbocycles. The zero-order valence-electron chi connectivity index (χ0n) is 11.4. The van der Waals surface area contributed by atoms with Crippen LogP contribution in [0.3, 0.4) is 0 Å². The average Bonchev–Trinajstić information content (AvgIpc) is 2.20. The number of aliphatic imine (C=N–C) groups is 1. The molecule has 0 aliphatic heterocycles. The van der Waals surface area contributed by atoms with Gasteiger partial charge in [0.05, 0.1) is 13.2 Å². The summed E-state index contributed by atoms with van der Waals surface area (Å²) in [5, 5.41) is 3.21. The predicted molar refractivity (Wildman–Crippen MR) is 69.9 cm³/mol. The minimum absolute atomic E-state index is 0.704. The van der Waals surface area contributed by atoms with Crippen LogP contribution in [0.1, 0.15) is 27.2 Å². The van der Waals surface area contributed by atoms with E-state index in [1.807, 2.05) is 19.0 Å². The van der Waals surface area contributed by atoms with Gasteiger partial charge in [-0.3, -0.25) is 4.99 Å². The SMILES string of the molecule is CCNC(=NCCOCCC(C)C)N(C)C. The zero-order chi connectivity index (χ0) is 12.4. The molecule has 0 aromatic heterocycles. The number of hydrogen-bond acceptors (Lipinski definition) is 2. The van der Waals surface area contributed by atoms with E-state index in [2.05, 4.69) is 31.1 Å². The molecular formula is C12H27N3O. The molecule has 96 valence electrons. The van der Waals surface area contributed by atoms with Gasteiger partial charge in [-0.2, -0.15) is 0 Å². The molecule has 0 heterocycles. The number of guanidine groups is 1. The molecule has 4 heteroatoms. The molecule has 4 nitrogen and oxygen atoms in total. The smallest absolute Gasteiger partial charge is 0.193 e. The lowest BCUT2D eigenvalue weighted by Crippen LogP contribution is -2.36. The van der Waals surface area contributed by atoms with Crippen LogP contribution in [0, 0.1) is 5.92 Å². The number of nitrogens with one attached hydrogen (secondary N) is 1. The van der Waals surface area contributed by atoms with Gasteiger partial charge < -0.3 is 15.0 Å². The van der Waals surface area contributed by atoms with Crippen molar-refractivity contribution in [3.05, 3.63) is 0 Å². The zero-order valence-corrected chi connectivity index (χ0v) is 11.4. The summed E-state index contributed by atoms with van der Waals surface area (Å²) in [4.78, 5) is 6.42. The first-order chi connectivity index (χ1) is 7.57. The molecule has 0 fully saturated rings. The van der Waals surface area contributed by atoms with Crippen molar-refractivity contribution in [2.45, 2.75) is 27.2 Å². The van der Waals surface area contributed by atoms with Crippen LogP contribution in [0.2, 0.25) is 0 Å². The summed E-state index contributed by atoms with van der Waals surface area (Å²) >= 11 is 0. The Hall–Kier alpha value is -0.770. The van der Waals surface area contributed by atoms with Gasteiger partial charge in [0.25, 0.3) is 0 Å². The number of ether oxygens (including phenoxy) is 1. The Bertz CT molecular complexity index is 191. The molecular weight excluding hydrogens is 202 g/mol. The van der Waals surface area contributed by atoms with Crippen LogP contribution in [0.4, 0.5) is 0 Å². The Morgan fingerprint density at radius 3 is 2.50 bits per heavy atom. The van der Waals surface area contributed by atoms with Gasteiger partial charge in [0.15, 0.2) is 5.96 Å². The van der Waals surface area contributed by atoms with Crippen LogP contribution in [0.5, 0.6) is 0 Å². The minimum atomic E-state index is 0.704. The fourth-order valence-electron chi connectivity index (χ4n) is 1.15. The molecule has 0 amide bonds. The van der Waals surface area contributed by atoms with E-state index in [0.29, 0.717) is 12.5 Å². The van der Waals surface area contributed by atoms with Gasteiger partial charge in [0.2, 0.25) is 0 Å². The van der Waals surface area contributed by atoms with E-state index in [-0.39, 0.29) is 0 Å².